The molecule has 0 aliphatic carbocycles. The van der Waals surface area contributed by atoms with Gasteiger partial charge in [0.15, 0.2) is 5.78 Å². The molecule has 0 heterocycles. The summed E-state index contributed by atoms with van der Waals surface area (Å²) >= 11 is 17.1. The zero-order valence-electron chi connectivity index (χ0n) is 9.58. The van der Waals surface area contributed by atoms with Crippen LogP contribution in [0, 0.1) is 0 Å². The molecular weight excluding hydrogens is 298 g/mol. The fourth-order valence-corrected chi connectivity index (χ4v) is 1.60. The summed E-state index contributed by atoms with van der Waals surface area (Å²) in [5, 5.41) is 0.555. The van der Waals surface area contributed by atoms with Crippen LogP contribution in [0.4, 0.5) is 0 Å². The summed E-state index contributed by atoms with van der Waals surface area (Å²) < 4.78 is 2.47. The average Bonchev–Trinajstić information content (AvgIpc) is 2.32. The number of hydrogen-bond donors (Lipinski definition) is 0. The average molecular weight is 310 g/mol. The lowest BCUT2D eigenvalue weighted by atomic mass is 10.1. The first-order chi connectivity index (χ1) is 8.37. The van der Waals surface area contributed by atoms with E-state index in [4.69, 9.17) is 34.8 Å². The van der Waals surface area contributed by atoms with Crippen LogP contribution in [-0.2, 0) is 20.7 Å². The molecule has 1 aromatic rings. The van der Waals surface area contributed by atoms with Crippen LogP contribution in [0.25, 0.3) is 0 Å². The monoisotopic (exact) mass is 308 g/mol. The van der Waals surface area contributed by atoms with E-state index >= 15 is 0 Å². The predicted octanol–water partition coefficient (Wildman–Crippen LogP) is 3.19. The third-order valence-corrected chi connectivity index (χ3v) is 3.14. The minimum absolute atomic E-state index is 0.0665. The van der Waals surface area contributed by atoms with Crippen molar-refractivity contribution in [3.63, 3.8) is 0 Å². The second-order valence-corrected chi connectivity index (χ2v) is 5.29. The summed E-state index contributed by atoms with van der Waals surface area (Å²) in [5.74, 6) is -1.58. The summed E-state index contributed by atoms with van der Waals surface area (Å²) in [6, 6.07) is 6.60. The van der Waals surface area contributed by atoms with E-state index < -0.39 is 16.1 Å². The van der Waals surface area contributed by atoms with Crippen molar-refractivity contribution in [1.82, 2.24) is 0 Å². The highest BCUT2D eigenvalue weighted by Crippen LogP contribution is 2.26. The summed E-state index contributed by atoms with van der Waals surface area (Å²) in [5.41, 5.74) is 0.666. The van der Waals surface area contributed by atoms with Crippen molar-refractivity contribution in [2.75, 3.05) is 6.61 Å². The molecule has 0 N–H and O–H groups in total. The summed E-state index contributed by atoms with van der Waals surface area (Å²) in [7, 11) is 0. The van der Waals surface area contributed by atoms with Crippen LogP contribution >= 0.6 is 34.8 Å². The summed E-state index contributed by atoms with van der Waals surface area (Å²) in [6.45, 7) is 1.71. The first-order valence-electron chi connectivity index (χ1n) is 5.20. The van der Waals surface area contributed by atoms with E-state index in [1.165, 1.54) is 0 Å². The van der Waals surface area contributed by atoms with Crippen LogP contribution in [0.15, 0.2) is 24.3 Å². The van der Waals surface area contributed by atoms with E-state index in [0.717, 1.165) is 0 Å². The Morgan fingerprint density at radius 3 is 2.28 bits per heavy atom. The number of ketones is 1. The van der Waals surface area contributed by atoms with Crippen molar-refractivity contribution in [1.29, 1.82) is 0 Å². The van der Waals surface area contributed by atoms with Crippen LogP contribution in [0.3, 0.4) is 0 Å². The molecule has 0 fully saturated rings. The van der Waals surface area contributed by atoms with Crippen molar-refractivity contribution in [2.45, 2.75) is 17.7 Å². The fourth-order valence-electron chi connectivity index (χ4n) is 1.23. The van der Waals surface area contributed by atoms with E-state index in [2.05, 4.69) is 4.74 Å². The number of carbonyl (C=O) groups is 2. The Morgan fingerprint density at radius 2 is 1.78 bits per heavy atom. The number of rotatable bonds is 5. The maximum atomic E-state index is 11.8. The van der Waals surface area contributed by atoms with E-state index in [1.807, 2.05) is 0 Å². The maximum absolute atomic E-state index is 11.8. The lowest BCUT2D eigenvalue weighted by molar-refractivity contribution is -0.146. The van der Waals surface area contributed by atoms with Crippen LogP contribution in [0.1, 0.15) is 12.5 Å². The number of hydrogen-bond acceptors (Lipinski definition) is 3. The third-order valence-electron chi connectivity index (χ3n) is 2.16. The molecule has 0 unspecified atom stereocenters. The molecule has 0 aromatic heterocycles. The van der Waals surface area contributed by atoms with Crippen LogP contribution in [0.2, 0.25) is 5.02 Å². The van der Waals surface area contributed by atoms with E-state index in [1.54, 1.807) is 31.2 Å². The predicted molar refractivity (Wildman–Crippen MR) is 71.2 cm³/mol. The number of benzene rings is 1. The topological polar surface area (TPSA) is 43.4 Å². The number of Topliss-reactive ketones (excluding diaryl/α,β-unsaturated/α-hetero) is 1. The quantitative estimate of drug-likeness (QED) is 0.476. The number of ether oxygens (including phenoxy) is 1. The van der Waals surface area contributed by atoms with E-state index in [9.17, 15) is 9.59 Å². The fraction of sp³-hybridized carbons (Fsp3) is 0.333. The first-order valence-corrected chi connectivity index (χ1v) is 6.34. The third kappa shape index (κ3) is 3.87. The molecule has 1 aromatic carbocycles. The molecule has 1 rings (SSSR count). The zero-order chi connectivity index (χ0) is 13.8. The highest BCUT2D eigenvalue weighted by atomic mass is 35.5. The van der Waals surface area contributed by atoms with Crippen LogP contribution < -0.4 is 0 Å². The Bertz CT molecular complexity index is 440. The number of carbonyl (C=O) groups excluding carboxylic acids is 2. The van der Waals surface area contributed by atoms with Gasteiger partial charge in [-0.05, 0) is 24.6 Å². The second kappa shape index (κ2) is 6.41. The van der Waals surface area contributed by atoms with Crippen molar-refractivity contribution in [2.24, 2.45) is 0 Å². The van der Waals surface area contributed by atoms with Gasteiger partial charge in [0.1, 0.15) is 0 Å². The maximum Gasteiger partial charge on any atom is 0.350 e. The Hall–Kier alpha value is -0.770. The number of esters is 1. The molecule has 18 heavy (non-hydrogen) atoms. The van der Waals surface area contributed by atoms with Gasteiger partial charge in [0, 0.05) is 11.4 Å². The molecule has 0 amide bonds. The molecule has 98 valence electrons. The van der Waals surface area contributed by atoms with Crippen molar-refractivity contribution in [3.8, 4) is 0 Å². The van der Waals surface area contributed by atoms with Gasteiger partial charge in [-0.2, -0.15) is 0 Å². The molecule has 0 spiro atoms. The van der Waals surface area contributed by atoms with Gasteiger partial charge in [-0.25, -0.2) is 4.79 Å². The Balaban J connectivity index is 2.75. The van der Waals surface area contributed by atoms with Crippen molar-refractivity contribution < 1.29 is 14.3 Å². The molecule has 0 bridgehead atoms. The van der Waals surface area contributed by atoms with Gasteiger partial charge in [-0.3, -0.25) is 4.79 Å². The molecule has 6 heteroatoms. The van der Waals surface area contributed by atoms with E-state index in [0.29, 0.717) is 10.6 Å². The van der Waals surface area contributed by atoms with Gasteiger partial charge in [-0.15, -0.1) is 0 Å². The molecule has 0 saturated carbocycles. The Labute approximate surface area is 120 Å². The highest BCUT2D eigenvalue weighted by molar-refractivity contribution is 6.67. The Kier molecular flexibility index (Phi) is 5.45. The summed E-state index contributed by atoms with van der Waals surface area (Å²) in [6.07, 6.45) is -0.0665. The normalized spacial score (nSPS) is 11.1. The van der Waals surface area contributed by atoms with Gasteiger partial charge >= 0.3 is 5.97 Å². The van der Waals surface area contributed by atoms with Crippen LogP contribution in [-0.4, -0.2) is 22.7 Å². The van der Waals surface area contributed by atoms with Gasteiger partial charge in [-0.1, -0.05) is 46.9 Å². The minimum atomic E-state index is -2.17. The summed E-state index contributed by atoms with van der Waals surface area (Å²) in [4.78, 5) is 23.3. The minimum Gasteiger partial charge on any atom is -0.463 e. The molecule has 0 saturated heterocycles. The number of halogens is 3. The largest absolute Gasteiger partial charge is 0.463 e. The zero-order valence-corrected chi connectivity index (χ0v) is 11.9. The van der Waals surface area contributed by atoms with Gasteiger partial charge < -0.3 is 4.74 Å². The lowest BCUT2D eigenvalue weighted by Crippen LogP contribution is -2.38. The van der Waals surface area contributed by atoms with Crippen molar-refractivity contribution in [3.05, 3.63) is 34.9 Å². The molecule has 0 radical (unpaired) electrons. The molecule has 0 aliphatic rings. The Morgan fingerprint density at radius 1 is 1.22 bits per heavy atom. The lowest BCUT2D eigenvalue weighted by Gasteiger charge is -2.16. The second-order valence-electron chi connectivity index (χ2n) is 3.52. The van der Waals surface area contributed by atoms with Gasteiger partial charge in [0.2, 0.25) is 0 Å². The van der Waals surface area contributed by atoms with Gasteiger partial charge in [0.25, 0.3) is 4.33 Å². The first kappa shape index (κ1) is 15.3. The molecule has 3 nitrogen and oxygen atoms in total. The SMILES string of the molecule is CCOC(=O)C(Cl)(Cl)C(=O)Cc1ccc(Cl)cc1. The molecular formula is C12H11Cl3O3. The van der Waals surface area contributed by atoms with E-state index in [-0.39, 0.29) is 13.0 Å². The van der Waals surface area contributed by atoms with Gasteiger partial charge in [0.05, 0.1) is 6.61 Å². The van der Waals surface area contributed by atoms with Crippen LogP contribution in [0.5, 0.6) is 0 Å². The smallest absolute Gasteiger partial charge is 0.350 e. The number of alkyl halides is 2. The standard InChI is InChI=1S/C12H11Cl3O3/c1-2-18-11(17)12(14,15)10(16)7-8-3-5-9(13)6-4-8/h3-6H,2,7H2,1H3. The van der Waals surface area contributed by atoms with Crippen molar-refractivity contribution >= 4 is 46.6 Å². The molecule has 0 aliphatic heterocycles. The molecule has 0 atom stereocenters. The highest BCUT2D eigenvalue weighted by Gasteiger charge is 2.43.